The van der Waals surface area contributed by atoms with Crippen LogP contribution in [0.3, 0.4) is 0 Å². The Morgan fingerprint density at radius 2 is 1.80 bits per heavy atom. The lowest BCUT2D eigenvalue weighted by molar-refractivity contribution is -0.145. The summed E-state index contributed by atoms with van der Waals surface area (Å²) >= 11 is 0.481. The van der Waals surface area contributed by atoms with Crippen molar-refractivity contribution in [2.45, 2.75) is 75.7 Å². The summed E-state index contributed by atoms with van der Waals surface area (Å²) in [6, 6.07) is 10.1. The van der Waals surface area contributed by atoms with Gasteiger partial charge in [-0.15, -0.1) is 11.3 Å². The van der Waals surface area contributed by atoms with E-state index in [4.69, 9.17) is 24.3 Å². The Morgan fingerprint density at radius 1 is 1.14 bits per heavy atom. The number of hydrogen-bond donors (Lipinski definition) is 2. The molecule has 2 aliphatic heterocycles. The van der Waals surface area contributed by atoms with E-state index in [1.165, 1.54) is 4.90 Å². The molecular formula is C38H47F6N4O6PS. The van der Waals surface area contributed by atoms with Gasteiger partial charge in [-0.1, -0.05) is 38.1 Å². The van der Waals surface area contributed by atoms with Gasteiger partial charge < -0.3 is 34.1 Å². The van der Waals surface area contributed by atoms with Gasteiger partial charge in [0.2, 0.25) is 5.91 Å². The Kier molecular flexibility index (Phi) is 17.4. The molecular weight excluding hydrogens is 785 g/mol. The van der Waals surface area contributed by atoms with Crippen LogP contribution in [-0.4, -0.2) is 91.8 Å². The summed E-state index contributed by atoms with van der Waals surface area (Å²) in [6.07, 6.45) is -3.92. The van der Waals surface area contributed by atoms with Crippen LogP contribution in [0.1, 0.15) is 62.3 Å². The van der Waals surface area contributed by atoms with Crippen molar-refractivity contribution in [3.63, 3.8) is 0 Å². The molecule has 2 atom stereocenters. The Hall–Kier alpha value is -3.97. The van der Waals surface area contributed by atoms with E-state index in [-0.39, 0.29) is 18.2 Å². The Balaban J connectivity index is 0.000000728. The number of likely N-dealkylation sites (tertiary alicyclic amines) is 2. The number of allylic oxidation sites excluding steroid dienone is 1. The van der Waals surface area contributed by atoms with Gasteiger partial charge in [0, 0.05) is 74.9 Å². The number of ether oxygens (including phenoxy) is 1. The molecule has 10 nitrogen and oxygen atoms in total. The first-order chi connectivity index (χ1) is 26.5. The first-order valence-electron chi connectivity index (χ1n) is 17.9. The molecule has 2 saturated heterocycles. The summed E-state index contributed by atoms with van der Waals surface area (Å²) in [6.45, 7) is 6.63. The third-order valence-electron chi connectivity index (χ3n) is 9.64. The van der Waals surface area contributed by atoms with Crippen molar-refractivity contribution in [3.8, 4) is 17.6 Å². The van der Waals surface area contributed by atoms with Crippen molar-refractivity contribution in [2.24, 2.45) is 5.92 Å². The molecule has 0 bridgehead atoms. The molecule has 2 unspecified atom stereocenters. The van der Waals surface area contributed by atoms with Gasteiger partial charge in [-0.3, -0.25) is 9.59 Å². The lowest BCUT2D eigenvalue weighted by Crippen LogP contribution is -2.55. The number of rotatable bonds is 14. The first kappa shape index (κ1) is 46.4. The van der Waals surface area contributed by atoms with Crippen molar-refractivity contribution in [1.29, 1.82) is 10.7 Å². The highest BCUT2D eigenvalue weighted by Gasteiger charge is 2.46. The van der Waals surface area contributed by atoms with Crippen molar-refractivity contribution < 1.29 is 54.8 Å². The minimum Gasteiger partial charge on any atom is -0.507 e. The number of nitrogens with one attached hydrogen (secondary N) is 1. The number of carbonyl (C=O) groups is 2. The topological polar surface area (TPSA) is 136 Å². The summed E-state index contributed by atoms with van der Waals surface area (Å²) in [5.41, 5.74) is -2.08. The van der Waals surface area contributed by atoms with Crippen LogP contribution in [0.4, 0.5) is 26.3 Å². The quantitative estimate of drug-likeness (QED) is 0.0485. The van der Waals surface area contributed by atoms with Crippen LogP contribution >= 0.6 is 19.7 Å². The minimum absolute atomic E-state index is 0.156. The van der Waals surface area contributed by atoms with Crippen LogP contribution < -0.4 is 4.74 Å². The molecule has 0 saturated carbocycles. The molecule has 0 radical (unpaired) electrons. The van der Waals surface area contributed by atoms with Crippen molar-refractivity contribution in [3.05, 3.63) is 70.0 Å². The summed E-state index contributed by atoms with van der Waals surface area (Å²) in [5.74, 6) is -1.32. The highest BCUT2D eigenvalue weighted by atomic mass is 32.1. The number of halogens is 6. The summed E-state index contributed by atoms with van der Waals surface area (Å²) in [7, 11) is 2.25. The van der Waals surface area contributed by atoms with E-state index in [9.17, 15) is 41.2 Å². The number of aromatic hydroxyl groups is 1. The van der Waals surface area contributed by atoms with Gasteiger partial charge in [-0.2, -0.15) is 31.6 Å². The average molecular weight is 833 g/mol. The number of carbonyl (C=O) groups excluding carboxylic acids is 2. The largest absolute Gasteiger partial charge is 0.507 e. The lowest BCUT2D eigenvalue weighted by Gasteiger charge is -2.45. The molecule has 18 heteroatoms. The van der Waals surface area contributed by atoms with Gasteiger partial charge in [0.25, 0.3) is 5.91 Å². The van der Waals surface area contributed by atoms with Crippen molar-refractivity contribution >= 4 is 37.7 Å². The highest BCUT2D eigenvalue weighted by Crippen LogP contribution is 2.42. The number of hydrogen-bond acceptors (Lipinski definition) is 9. The van der Waals surface area contributed by atoms with E-state index in [1.54, 1.807) is 19.1 Å². The minimum atomic E-state index is -4.85. The van der Waals surface area contributed by atoms with Gasteiger partial charge in [0.1, 0.15) is 16.4 Å². The lowest BCUT2D eigenvalue weighted by atomic mass is 9.73. The highest BCUT2D eigenvalue weighted by molar-refractivity contribution is 7.47. The third-order valence-corrected chi connectivity index (χ3v) is 12.1. The second-order valence-corrected chi connectivity index (χ2v) is 15.9. The fourth-order valence-electron chi connectivity index (χ4n) is 6.87. The summed E-state index contributed by atoms with van der Waals surface area (Å²) in [4.78, 5) is 29.7. The van der Waals surface area contributed by atoms with Crippen LogP contribution in [0.25, 0.3) is 0 Å². The van der Waals surface area contributed by atoms with Crippen molar-refractivity contribution in [2.75, 3.05) is 46.6 Å². The molecule has 0 spiro atoms. The van der Waals surface area contributed by atoms with Crippen LogP contribution in [0.2, 0.25) is 0 Å². The molecule has 2 aromatic rings. The number of nitriles is 1. The summed E-state index contributed by atoms with van der Waals surface area (Å²) in [5, 5.41) is 27.1. The van der Waals surface area contributed by atoms with Gasteiger partial charge in [0.15, 0.2) is 8.38 Å². The van der Waals surface area contributed by atoms with E-state index in [0.717, 1.165) is 10.9 Å². The SMILES string of the molecule is C=C(C(=O)N1CCCC(C(=O)N2CCC(C#N)(c3ccccc3OCCCP(OC)OC)CC2)C1CCC)/C(=C\C=N)C(F)(F)F.Oc1csc(C(F)(F)F)c1. The maximum atomic E-state index is 14.0. The van der Waals surface area contributed by atoms with E-state index < -0.39 is 60.0 Å². The molecule has 56 heavy (non-hydrogen) atoms. The Bertz CT molecular complexity index is 1720. The molecule has 0 aliphatic carbocycles. The van der Waals surface area contributed by atoms with E-state index in [2.05, 4.69) is 12.6 Å². The normalized spacial score (nSPS) is 18.8. The number of amides is 2. The van der Waals surface area contributed by atoms with Gasteiger partial charge >= 0.3 is 12.4 Å². The number of para-hydroxylation sites is 1. The third kappa shape index (κ3) is 12.0. The molecule has 4 rings (SSSR count). The smallest absolute Gasteiger partial charge is 0.425 e. The van der Waals surface area contributed by atoms with Crippen LogP contribution in [0.15, 0.2) is 59.5 Å². The maximum absolute atomic E-state index is 14.0. The second-order valence-electron chi connectivity index (χ2n) is 13.1. The second kappa shape index (κ2) is 21.0. The summed E-state index contributed by atoms with van der Waals surface area (Å²) < 4.78 is 92.7. The maximum Gasteiger partial charge on any atom is 0.425 e. The molecule has 2 aliphatic rings. The predicted octanol–water partition coefficient (Wildman–Crippen LogP) is 9.02. The van der Waals surface area contributed by atoms with E-state index in [0.29, 0.717) is 106 Å². The zero-order valence-electron chi connectivity index (χ0n) is 31.4. The average Bonchev–Trinajstić information content (AvgIpc) is 3.63. The number of benzene rings is 1. The van der Waals surface area contributed by atoms with Crippen LogP contribution in [0.5, 0.6) is 11.5 Å². The molecule has 1 aromatic heterocycles. The van der Waals surface area contributed by atoms with Crippen LogP contribution in [-0.2, 0) is 30.2 Å². The van der Waals surface area contributed by atoms with Gasteiger partial charge in [-0.25, -0.2) is 0 Å². The van der Waals surface area contributed by atoms with Gasteiger partial charge in [-0.05, 0) is 50.7 Å². The molecule has 2 fully saturated rings. The van der Waals surface area contributed by atoms with E-state index >= 15 is 0 Å². The van der Waals surface area contributed by atoms with Gasteiger partial charge in [0.05, 0.1) is 29.6 Å². The molecule has 2 N–H and O–H groups in total. The van der Waals surface area contributed by atoms with Crippen molar-refractivity contribution in [1.82, 2.24) is 9.80 Å². The molecule has 1 aromatic carbocycles. The number of piperidine rings is 2. The number of thiophene rings is 1. The first-order valence-corrected chi connectivity index (χ1v) is 20.1. The monoisotopic (exact) mass is 832 g/mol. The number of nitrogens with zero attached hydrogens (tertiary/aromatic N) is 3. The predicted molar refractivity (Wildman–Crippen MR) is 202 cm³/mol. The fourth-order valence-corrected chi connectivity index (χ4v) is 8.41. The Morgan fingerprint density at radius 3 is 2.32 bits per heavy atom. The van der Waals surface area contributed by atoms with Crippen LogP contribution in [0, 0.1) is 22.7 Å². The number of alkyl halides is 6. The fraction of sp³-hybridized carbons (Fsp3) is 0.526. The molecule has 2 amide bonds. The molecule has 3 heterocycles. The zero-order valence-corrected chi connectivity index (χ0v) is 33.1. The zero-order chi connectivity index (χ0) is 41.7. The standard InChI is InChI=1S/C33H44F3N4O5P.C5H3F3OS/c1-5-10-28-25(11-8-18-40(28)30(41)24(2)26(14-17-37)33(34,35)36)31(42)39-19-15-32(23-38,16-20-39)27-12-6-7-13-29(27)45-21-9-22-46(43-3)44-4;6-5(7,8)4-1-3(9)2-10-4/h6-7,12-14,17,25,28,37H,2,5,8-11,15-16,18-22H2,1,3-4H3;1-2,9H/b26-14+,37-17?;. The molecule has 308 valence electrons. The van der Waals surface area contributed by atoms with E-state index in [1.807, 2.05) is 31.2 Å². The Labute approximate surface area is 328 Å².